The monoisotopic (exact) mass is 1290 g/mol. The fraction of sp³-hybridized carbons (Fsp3) is 0.803. The van der Waals surface area contributed by atoms with Gasteiger partial charge in [0.15, 0.2) is 17.1 Å². The molecule has 9 fully saturated rings. The van der Waals surface area contributed by atoms with Crippen molar-refractivity contribution >= 4 is 35.6 Å². The largest absolute Gasteiger partial charge is 0.481 e. The van der Waals surface area contributed by atoms with Crippen LogP contribution in [0.15, 0.2) is 0 Å². The Balaban J connectivity index is 0.000000128. The number of carboxylic acid groups (broad SMARTS) is 1. The number of fused-ring (bicyclic) bond motifs is 9. The first kappa shape index (κ1) is 67.0. The van der Waals surface area contributed by atoms with E-state index in [1.165, 1.54) is 134 Å². The summed E-state index contributed by atoms with van der Waals surface area (Å²) in [6.07, 6.45) is 34.8. The molecule has 12 atom stereocenters. The van der Waals surface area contributed by atoms with E-state index in [0.717, 1.165) is 86.6 Å². The Kier molecular flexibility index (Phi) is 18.1. The van der Waals surface area contributed by atoms with Crippen LogP contribution < -0.4 is 21.7 Å². The van der Waals surface area contributed by atoms with Gasteiger partial charge >= 0.3 is 11.9 Å². The summed E-state index contributed by atoms with van der Waals surface area (Å²) >= 11 is 0. The second-order valence-corrected chi connectivity index (χ2v) is 35.1. The van der Waals surface area contributed by atoms with Crippen LogP contribution in [0.1, 0.15) is 319 Å². The van der Waals surface area contributed by atoms with E-state index in [0.29, 0.717) is 85.1 Å². The number of aliphatic carboxylic acids is 1. The van der Waals surface area contributed by atoms with Crippen LogP contribution in [0.25, 0.3) is 0 Å². The Morgan fingerprint density at radius 3 is 1.02 bits per heavy atom. The first-order valence-electron chi connectivity index (χ1n) is 37.5. The number of carbonyl (C=O) groups is 6. The number of methoxy groups -OCH3 is 1. The van der Waals surface area contributed by atoms with Gasteiger partial charge in [0, 0.05) is 57.8 Å². The SMILES string of the molecule is CC12CCC(C1)C(C)(C)C2NC(=O)c1nn(C2CCCCC2)c2c1CC(C(=O)O)CC2.CC12CCC(C1)C(C)(C)C2NC(=O)c1nn(C2CCCCC2)c2c1CC(C(N)=O)CC2.COC(=O)C1CCc2c(c(C(=O)NC3C4(C)CCC(C4)C3(C)C)nn2C2CCCCC2)C1. The Hall–Kier alpha value is -5.55. The fourth-order valence-corrected chi connectivity index (χ4v) is 22.8. The number of esters is 1. The van der Waals surface area contributed by atoms with Crippen molar-refractivity contribution in [1.82, 2.24) is 45.3 Å². The van der Waals surface area contributed by atoms with Crippen molar-refractivity contribution in [3.05, 3.63) is 50.9 Å². The quantitative estimate of drug-likeness (QED) is 0.107. The summed E-state index contributed by atoms with van der Waals surface area (Å²) in [6, 6.07) is 1.58. The molecule has 516 valence electrons. The van der Waals surface area contributed by atoms with Gasteiger partial charge in [-0.05, 0) is 204 Å². The molecule has 12 aliphatic rings. The van der Waals surface area contributed by atoms with Gasteiger partial charge in [0.25, 0.3) is 17.7 Å². The Morgan fingerprint density at radius 1 is 0.436 bits per heavy atom. The van der Waals surface area contributed by atoms with Crippen molar-refractivity contribution in [2.75, 3.05) is 7.11 Å². The molecule has 3 heterocycles. The smallest absolute Gasteiger partial charge is 0.309 e. The van der Waals surface area contributed by atoms with E-state index in [4.69, 9.17) is 25.8 Å². The van der Waals surface area contributed by atoms with Gasteiger partial charge in [0.2, 0.25) is 5.91 Å². The van der Waals surface area contributed by atoms with Gasteiger partial charge in [-0.2, -0.15) is 15.3 Å². The predicted octanol–water partition coefficient (Wildman–Crippen LogP) is 13.1. The lowest BCUT2D eigenvalue weighted by Crippen LogP contribution is -2.52. The Bertz CT molecular complexity index is 3250. The molecule has 6 bridgehead atoms. The first-order valence-corrected chi connectivity index (χ1v) is 37.5. The second kappa shape index (κ2) is 25.4. The lowest BCUT2D eigenvalue weighted by Gasteiger charge is -2.43. The molecule has 12 aliphatic carbocycles. The second-order valence-electron chi connectivity index (χ2n) is 35.1. The third-order valence-electron chi connectivity index (χ3n) is 28.2. The van der Waals surface area contributed by atoms with Crippen LogP contribution in [-0.2, 0) is 57.6 Å². The van der Waals surface area contributed by atoms with Gasteiger partial charge < -0.3 is 31.5 Å². The molecule has 3 aromatic rings. The van der Waals surface area contributed by atoms with E-state index in [1.807, 2.05) is 0 Å². The molecule has 0 radical (unpaired) electrons. The Morgan fingerprint density at radius 2 is 0.734 bits per heavy atom. The maximum absolute atomic E-state index is 13.7. The number of ether oxygens (including phenoxy) is 1. The standard InChI is InChI=1S/C26H39N3O3.C25H38N4O2.C25H37N3O3/c1-25(2)17-12-13-26(3,15-17)24(25)27-22(30)21-19-14-16(23(31)32-4)10-11-20(19)29(28-21)18-8-6-5-7-9-18;1-24(2)16-11-12-25(3,14-16)23(24)27-22(31)20-18-13-15(21(26)30)9-10-19(18)29(28-20)17-7-5-4-6-8-17;1-24(2)16-11-12-25(3,14-16)23(24)26-21(29)20-18-13-15(22(30)31)9-10-19(18)28(27-20)17-7-5-4-6-8-17/h16-18,24H,5-15H2,1-4H3,(H,27,30);15-17,23H,4-14H2,1-3H3,(H2,26,30)(H,27,31);15-17,23H,4-14H2,1-3H3,(H,26,29)(H,30,31). The van der Waals surface area contributed by atoms with Crippen LogP contribution >= 0.6 is 0 Å². The number of hydrogen-bond donors (Lipinski definition) is 5. The number of aromatic nitrogens is 6. The minimum atomic E-state index is -0.760. The molecule has 3 aromatic heterocycles. The molecule has 9 saturated carbocycles. The molecule has 6 N–H and O–H groups in total. The molecule has 18 heteroatoms. The summed E-state index contributed by atoms with van der Waals surface area (Å²) in [7, 11) is 1.45. The summed E-state index contributed by atoms with van der Waals surface area (Å²) in [5, 5.41) is 34.7. The number of primary amides is 1. The summed E-state index contributed by atoms with van der Waals surface area (Å²) in [4.78, 5) is 77.0. The van der Waals surface area contributed by atoms with Gasteiger partial charge in [0.1, 0.15) is 0 Å². The number of carboxylic acids is 1. The minimum absolute atomic E-state index is 0.0480. The maximum atomic E-state index is 13.7. The summed E-state index contributed by atoms with van der Waals surface area (Å²) in [5.74, 6) is -0.167. The van der Waals surface area contributed by atoms with E-state index >= 15 is 0 Å². The Labute approximate surface area is 559 Å². The number of nitrogens with zero attached hydrogens (tertiary/aromatic N) is 6. The van der Waals surface area contributed by atoms with Crippen molar-refractivity contribution in [3.63, 3.8) is 0 Å². The zero-order chi connectivity index (χ0) is 66.6. The van der Waals surface area contributed by atoms with Crippen molar-refractivity contribution < 1.29 is 38.6 Å². The van der Waals surface area contributed by atoms with Crippen LogP contribution in [0.2, 0.25) is 0 Å². The van der Waals surface area contributed by atoms with Gasteiger partial charge in [-0.25, -0.2) is 0 Å². The third kappa shape index (κ3) is 11.9. The van der Waals surface area contributed by atoms with Crippen LogP contribution in [0.4, 0.5) is 0 Å². The molecule has 0 aliphatic heterocycles. The number of rotatable bonds is 12. The zero-order valence-electron chi connectivity index (χ0n) is 58.8. The highest BCUT2D eigenvalue weighted by Crippen LogP contribution is 2.65. The maximum Gasteiger partial charge on any atom is 0.309 e. The highest BCUT2D eigenvalue weighted by molar-refractivity contribution is 5.96. The molecule has 4 amide bonds. The number of nitrogens with one attached hydrogen (secondary N) is 3. The number of carbonyl (C=O) groups excluding carboxylic acids is 5. The molecule has 0 aromatic carbocycles. The van der Waals surface area contributed by atoms with Gasteiger partial charge in [-0.1, -0.05) is 120 Å². The van der Waals surface area contributed by atoms with Gasteiger partial charge in [-0.15, -0.1) is 0 Å². The normalized spacial score (nSPS) is 34.2. The van der Waals surface area contributed by atoms with Crippen LogP contribution in [-0.4, -0.2) is 95.3 Å². The van der Waals surface area contributed by atoms with Gasteiger partial charge in [-0.3, -0.25) is 42.8 Å². The highest BCUT2D eigenvalue weighted by atomic mass is 16.5. The molecule has 94 heavy (non-hydrogen) atoms. The average Bonchev–Trinajstić information content (AvgIpc) is 1.58. The zero-order valence-corrected chi connectivity index (χ0v) is 58.8. The van der Waals surface area contributed by atoms with E-state index in [2.05, 4.69) is 92.3 Å². The topological polar surface area (TPSA) is 247 Å². The number of nitrogens with two attached hydrogens (primary N) is 1. The number of hydrogen-bond acceptors (Lipinski definition) is 10. The molecular formula is C76H114N10O8. The fourth-order valence-electron chi connectivity index (χ4n) is 22.8. The molecule has 15 rings (SSSR count). The van der Waals surface area contributed by atoms with E-state index in [-0.39, 0.29) is 92.0 Å². The third-order valence-corrected chi connectivity index (χ3v) is 28.2. The highest BCUT2D eigenvalue weighted by Gasteiger charge is 2.62. The molecule has 12 unspecified atom stereocenters. The molecule has 0 spiro atoms. The average molecular weight is 1300 g/mol. The predicted molar refractivity (Wildman–Crippen MR) is 360 cm³/mol. The van der Waals surface area contributed by atoms with E-state index in [9.17, 15) is 33.9 Å². The van der Waals surface area contributed by atoms with Crippen LogP contribution in [0.5, 0.6) is 0 Å². The molecule has 0 saturated heterocycles. The van der Waals surface area contributed by atoms with Gasteiger partial charge in [0.05, 0.1) is 37.1 Å². The summed E-state index contributed by atoms with van der Waals surface area (Å²) in [5.41, 5.74) is 14.4. The lowest BCUT2D eigenvalue weighted by atomic mass is 9.68. The van der Waals surface area contributed by atoms with Crippen LogP contribution in [0.3, 0.4) is 0 Å². The van der Waals surface area contributed by atoms with Crippen molar-refractivity contribution in [3.8, 4) is 0 Å². The van der Waals surface area contributed by atoms with E-state index < -0.39 is 11.9 Å². The van der Waals surface area contributed by atoms with Crippen LogP contribution in [0, 0.1) is 68.0 Å². The van der Waals surface area contributed by atoms with Crippen molar-refractivity contribution in [2.24, 2.45) is 73.7 Å². The molecular weight excluding hydrogens is 1180 g/mol. The summed E-state index contributed by atoms with van der Waals surface area (Å²) in [6.45, 7) is 20.9. The van der Waals surface area contributed by atoms with E-state index in [1.54, 1.807) is 0 Å². The summed E-state index contributed by atoms with van der Waals surface area (Å²) < 4.78 is 11.5. The lowest BCUT2D eigenvalue weighted by molar-refractivity contribution is -0.146. The first-order chi connectivity index (χ1) is 44.7. The van der Waals surface area contributed by atoms with Crippen molar-refractivity contribution in [2.45, 2.75) is 310 Å². The van der Waals surface area contributed by atoms with Crippen molar-refractivity contribution in [1.29, 1.82) is 0 Å². The minimum Gasteiger partial charge on any atom is -0.481 e. The molecule has 18 nitrogen and oxygen atoms in total. The number of amides is 4.